The Labute approximate surface area is 761 Å². The molecule has 0 amide bonds. The number of rotatable bonds is 24. The van der Waals surface area contributed by atoms with Crippen LogP contribution in [0.1, 0.15) is 215 Å². The molecule has 5 aliphatic rings. The largest absolute Gasteiger partial charge is 0.454 e. The van der Waals surface area contributed by atoms with Gasteiger partial charge in [-0.1, -0.05) is 359 Å². The van der Waals surface area contributed by atoms with Gasteiger partial charge >= 0.3 is 0 Å². The van der Waals surface area contributed by atoms with Crippen molar-refractivity contribution in [3.05, 3.63) is 383 Å². The molecular formula is C125H112N2O2. The molecule has 23 rings (SSSR count). The van der Waals surface area contributed by atoms with Gasteiger partial charge in [0.05, 0.1) is 11.4 Å². The molecule has 0 aliphatic heterocycles. The van der Waals surface area contributed by atoms with Gasteiger partial charge in [0, 0.05) is 71.4 Å². The molecule has 0 N–H and O–H groups in total. The quantitative estimate of drug-likeness (QED) is 0.0565. The number of furan rings is 2. The highest BCUT2D eigenvalue weighted by molar-refractivity contribution is 6.26. The van der Waals surface area contributed by atoms with Crippen molar-refractivity contribution in [2.75, 3.05) is 9.80 Å². The van der Waals surface area contributed by atoms with Crippen LogP contribution in [0, 0.1) is 0 Å². The van der Waals surface area contributed by atoms with Crippen molar-refractivity contribution in [3.8, 4) is 100 Å². The smallest absolute Gasteiger partial charge is 0.160 e. The monoisotopic (exact) mass is 1670 g/mol. The van der Waals surface area contributed by atoms with Crippen LogP contribution in [0.4, 0.5) is 34.1 Å². The van der Waals surface area contributed by atoms with Gasteiger partial charge in [-0.2, -0.15) is 0 Å². The van der Waals surface area contributed by atoms with Crippen molar-refractivity contribution < 1.29 is 8.83 Å². The van der Waals surface area contributed by atoms with Crippen molar-refractivity contribution in [1.29, 1.82) is 0 Å². The van der Waals surface area contributed by atoms with Gasteiger partial charge in [-0.25, -0.2) is 0 Å². The molecular weight excluding hydrogens is 1560 g/mol. The van der Waals surface area contributed by atoms with Gasteiger partial charge in [-0.05, 0) is 284 Å². The van der Waals surface area contributed by atoms with E-state index in [4.69, 9.17) is 8.83 Å². The lowest BCUT2D eigenvalue weighted by Crippen LogP contribution is -2.25. The van der Waals surface area contributed by atoms with Crippen molar-refractivity contribution in [1.82, 2.24) is 0 Å². The van der Waals surface area contributed by atoms with E-state index in [1.54, 1.807) is 11.1 Å². The standard InChI is InChI=1S/C125H112N2O2/c1-11-13-15-17-19-36-68-125(69-37-20-18-16-14-12-2)101-47-33-30-44-91(101)98-67-58-86(76-108(98)125)85-57-66-97-96-65-56-84(74-106(96)123(7,8)107(97)75-85)83-55-64-95-94-63-54-82(72-104(94)122(5,6)105(95)73-83)81-53-62-93-92-61-52-80(70-102(92)121(3,4)103(93)71-81)79-50-59-90(60-51-79)127(89-42-28-23-29-43-89)112-78-110-118(116-100-46-32-35-49-114(100)129-120(112)116)117-109(124(110,9)10)77-111(119-115(117)99-45-31-34-48-113(99)128-119)126(87-38-24-21-25-39-87)88-40-26-22-27-41-88/h21-35,38-67,70-78H,11-20,36-37,68-69H2,1-10H3. The van der Waals surface area contributed by atoms with Gasteiger partial charge in [0.15, 0.2) is 11.2 Å². The lowest BCUT2D eigenvalue weighted by atomic mass is 9.70. The van der Waals surface area contributed by atoms with Crippen LogP contribution < -0.4 is 9.80 Å². The molecule has 0 bridgehead atoms. The average molecular weight is 1670 g/mol. The van der Waals surface area contributed by atoms with Crippen LogP contribution in [0.25, 0.3) is 144 Å². The second-order valence-corrected chi connectivity index (χ2v) is 40.0. The molecule has 0 saturated carbocycles. The van der Waals surface area contributed by atoms with E-state index in [-0.39, 0.29) is 21.7 Å². The summed E-state index contributed by atoms with van der Waals surface area (Å²) >= 11 is 0. The predicted molar refractivity (Wildman–Crippen MR) is 545 cm³/mol. The number of anilines is 6. The normalized spacial score (nSPS) is 14.9. The Balaban J connectivity index is 0.525. The molecule has 0 radical (unpaired) electrons. The number of fused-ring (bicyclic) bond motifs is 23. The first-order valence-electron chi connectivity index (χ1n) is 47.9. The highest BCUT2D eigenvalue weighted by atomic mass is 16.3. The molecule has 0 spiro atoms. The van der Waals surface area contributed by atoms with Crippen LogP contribution in [0.5, 0.6) is 0 Å². The Hall–Kier alpha value is -13.3. The third kappa shape index (κ3) is 12.7. The molecule has 2 aromatic heterocycles. The maximum absolute atomic E-state index is 7.33. The summed E-state index contributed by atoms with van der Waals surface area (Å²) in [5, 5.41) is 4.37. The zero-order valence-electron chi connectivity index (χ0n) is 76.3. The maximum Gasteiger partial charge on any atom is 0.160 e. The summed E-state index contributed by atoms with van der Waals surface area (Å²) < 4.78 is 14.5. The van der Waals surface area contributed by atoms with Crippen molar-refractivity contribution in [3.63, 3.8) is 0 Å². The number of para-hydroxylation sites is 5. The van der Waals surface area contributed by atoms with Crippen LogP contribution >= 0.6 is 0 Å². The van der Waals surface area contributed by atoms with Crippen LogP contribution in [0.2, 0.25) is 0 Å². The highest BCUT2D eigenvalue weighted by Crippen LogP contribution is 2.64. The third-order valence-corrected chi connectivity index (χ3v) is 31.0. The first-order chi connectivity index (χ1) is 62.9. The second-order valence-electron chi connectivity index (χ2n) is 40.0. The third-order valence-electron chi connectivity index (χ3n) is 31.0. The summed E-state index contributed by atoms with van der Waals surface area (Å²) in [4.78, 5) is 4.78. The molecule has 634 valence electrons. The molecule has 18 aromatic rings. The number of hydrogen-bond donors (Lipinski definition) is 0. The molecule has 0 saturated heterocycles. The van der Waals surface area contributed by atoms with E-state index in [9.17, 15) is 0 Å². The van der Waals surface area contributed by atoms with Crippen LogP contribution in [0.15, 0.2) is 336 Å². The topological polar surface area (TPSA) is 32.8 Å². The lowest BCUT2D eigenvalue weighted by Gasteiger charge is -2.33. The number of nitrogens with zero attached hydrogens (tertiary/aromatic N) is 2. The minimum Gasteiger partial charge on any atom is -0.454 e. The van der Waals surface area contributed by atoms with E-state index >= 15 is 0 Å². The van der Waals surface area contributed by atoms with Crippen molar-refractivity contribution >= 4 is 78.0 Å². The molecule has 5 aliphatic carbocycles. The fourth-order valence-corrected chi connectivity index (χ4v) is 24.1. The van der Waals surface area contributed by atoms with E-state index in [2.05, 4.69) is 407 Å². The Morgan fingerprint density at radius 3 is 0.860 bits per heavy atom. The van der Waals surface area contributed by atoms with E-state index in [0.29, 0.717) is 0 Å². The van der Waals surface area contributed by atoms with Crippen molar-refractivity contribution in [2.45, 2.75) is 186 Å². The number of unbranched alkanes of at least 4 members (excludes halogenated alkanes) is 10. The Kier molecular flexibility index (Phi) is 19.3. The molecule has 0 atom stereocenters. The van der Waals surface area contributed by atoms with E-state index in [1.165, 1.54) is 229 Å². The fourth-order valence-electron chi connectivity index (χ4n) is 24.1. The summed E-state index contributed by atoms with van der Waals surface area (Å²) in [7, 11) is 0. The van der Waals surface area contributed by atoms with Gasteiger partial charge in [0.1, 0.15) is 11.2 Å². The Bertz CT molecular complexity index is 7460. The Morgan fingerprint density at radius 1 is 0.225 bits per heavy atom. The van der Waals surface area contributed by atoms with E-state index in [1.807, 2.05) is 0 Å². The molecule has 0 fully saturated rings. The van der Waals surface area contributed by atoms with Crippen molar-refractivity contribution in [2.24, 2.45) is 0 Å². The summed E-state index contributed by atoms with van der Waals surface area (Å²) in [6, 6.07) is 124. The second kappa shape index (κ2) is 31.0. The maximum atomic E-state index is 7.33. The van der Waals surface area contributed by atoms with Crippen LogP contribution in [-0.4, -0.2) is 0 Å². The van der Waals surface area contributed by atoms with Gasteiger partial charge < -0.3 is 18.6 Å². The lowest BCUT2D eigenvalue weighted by molar-refractivity contribution is 0.398. The summed E-state index contributed by atoms with van der Waals surface area (Å²) in [5.41, 5.74) is 45.8. The highest BCUT2D eigenvalue weighted by Gasteiger charge is 2.47. The minimum absolute atomic E-state index is 0.0458. The molecule has 16 aromatic carbocycles. The minimum atomic E-state index is -0.486. The van der Waals surface area contributed by atoms with Gasteiger partial charge in [0.25, 0.3) is 0 Å². The summed E-state index contributed by atoms with van der Waals surface area (Å²) in [6.07, 6.45) is 18.3. The van der Waals surface area contributed by atoms with Crippen LogP contribution in [0.3, 0.4) is 0 Å². The summed E-state index contributed by atoms with van der Waals surface area (Å²) in [5.74, 6) is 0. The molecule has 4 heteroatoms. The molecule has 2 heterocycles. The van der Waals surface area contributed by atoms with Gasteiger partial charge in [-0.15, -0.1) is 0 Å². The molecule has 0 unspecified atom stereocenters. The SMILES string of the molecule is CCCCCCCCC1(CCCCCCCC)c2ccccc2-c2ccc(-c3ccc4c(c3)C(C)(C)c3cc(-c5ccc6c(c5)C(C)(C)c5cc(-c7ccc8c(c7)C(C)(C)c7cc(-c9ccc(N(c%10ccccc%10)c%10cc%11c(c%12c%10oc%10ccccc%10%12)-c%10c(cc(N(c%12ccccc%12)c%12ccccc%12)c%12oc%13ccccc%13c%10%12)C%11(C)C)cc9)ccc7-8)ccc5-6)ccc3-4)cc21. The molecule has 129 heavy (non-hydrogen) atoms. The Morgan fingerprint density at radius 2 is 0.496 bits per heavy atom. The zero-order valence-corrected chi connectivity index (χ0v) is 76.3. The number of benzene rings is 16. The number of hydrogen-bond acceptors (Lipinski definition) is 4. The first-order valence-corrected chi connectivity index (χ1v) is 47.9. The van der Waals surface area contributed by atoms with Crippen LogP contribution in [-0.2, 0) is 27.1 Å². The first kappa shape index (κ1) is 80.3. The zero-order chi connectivity index (χ0) is 87.4. The van der Waals surface area contributed by atoms with Gasteiger partial charge in [0.2, 0.25) is 0 Å². The summed E-state index contributed by atoms with van der Waals surface area (Å²) in [6.45, 7) is 24.1. The average Bonchev–Trinajstić information content (AvgIpc) is 1.51. The predicted octanol–water partition coefficient (Wildman–Crippen LogP) is 36.1. The fraction of sp³-hybridized carbons (Fsp3) is 0.232. The van der Waals surface area contributed by atoms with Gasteiger partial charge in [-0.3, -0.25) is 0 Å². The van der Waals surface area contributed by atoms with E-state index < -0.39 is 5.41 Å². The molecule has 4 nitrogen and oxygen atoms in total. The van der Waals surface area contributed by atoms with E-state index in [0.717, 1.165) is 83.6 Å².